The third-order valence-corrected chi connectivity index (χ3v) is 4.66. The maximum absolute atomic E-state index is 13.1. The van der Waals surface area contributed by atoms with Crippen LogP contribution in [0.1, 0.15) is 18.1 Å². The van der Waals surface area contributed by atoms with E-state index in [1.807, 2.05) is 35.2 Å². The van der Waals surface area contributed by atoms with Crippen LogP contribution in [0.5, 0.6) is 0 Å². The van der Waals surface area contributed by atoms with Crippen molar-refractivity contribution in [2.24, 2.45) is 5.73 Å². The van der Waals surface area contributed by atoms with Gasteiger partial charge in [0.05, 0.1) is 12.8 Å². The number of nitrogens with zero attached hydrogens (tertiary/aromatic N) is 1. The van der Waals surface area contributed by atoms with Gasteiger partial charge in [-0.15, -0.1) is 0 Å². The second-order valence-electron chi connectivity index (χ2n) is 6.56. The molecule has 2 N–H and O–H groups in total. The Morgan fingerprint density at radius 2 is 1.92 bits per heavy atom. The summed E-state index contributed by atoms with van der Waals surface area (Å²) in [4.78, 5) is 14.6. The molecule has 0 aromatic heterocycles. The summed E-state index contributed by atoms with van der Waals surface area (Å²) in [5.74, 6) is -0.771. The quantitative estimate of drug-likeness (QED) is 0.832. The van der Waals surface area contributed by atoms with Crippen LogP contribution in [0.3, 0.4) is 0 Å². The number of benzene rings is 2. The number of rotatable bonds is 5. The molecule has 1 heterocycles. The van der Waals surface area contributed by atoms with Crippen molar-refractivity contribution in [3.05, 3.63) is 71.5 Å². The van der Waals surface area contributed by atoms with Gasteiger partial charge in [-0.2, -0.15) is 0 Å². The normalized spacial score (nSPS) is 23.6. The van der Waals surface area contributed by atoms with Gasteiger partial charge in [0.2, 0.25) is 0 Å². The zero-order valence-corrected chi connectivity index (χ0v) is 14.7. The lowest BCUT2D eigenvalue weighted by Crippen LogP contribution is -2.66. The second-order valence-corrected chi connectivity index (χ2v) is 6.56. The van der Waals surface area contributed by atoms with Crippen LogP contribution in [0.25, 0.3) is 0 Å². The van der Waals surface area contributed by atoms with Crippen molar-refractivity contribution in [2.45, 2.75) is 31.8 Å². The zero-order valence-electron chi connectivity index (χ0n) is 14.7. The maximum Gasteiger partial charge on any atom is 0.341 e. The van der Waals surface area contributed by atoms with Crippen LogP contribution in [0.15, 0.2) is 54.6 Å². The highest BCUT2D eigenvalue weighted by Gasteiger charge is 2.47. The van der Waals surface area contributed by atoms with E-state index in [0.29, 0.717) is 19.7 Å². The lowest BCUT2D eigenvalue weighted by Gasteiger charge is -2.44. The Balaban J connectivity index is 1.65. The Kier molecular flexibility index (Phi) is 5.66. The number of hydrogen-bond donors (Lipinski definition) is 1. The first-order valence-electron chi connectivity index (χ1n) is 8.58. The van der Waals surface area contributed by atoms with Gasteiger partial charge in [0, 0.05) is 13.1 Å². The maximum atomic E-state index is 13.1. The Labute approximate surface area is 152 Å². The lowest BCUT2D eigenvalue weighted by atomic mass is 9.99. The smallest absolute Gasteiger partial charge is 0.341 e. The molecule has 6 heteroatoms. The predicted octanol–water partition coefficient (Wildman–Crippen LogP) is 2.44. The molecule has 1 saturated heterocycles. The number of morpholine rings is 1. The average molecular weight is 358 g/mol. The van der Waals surface area contributed by atoms with Gasteiger partial charge < -0.3 is 15.2 Å². The van der Waals surface area contributed by atoms with E-state index < -0.39 is 17.7 Å². The molecule has 2 aromatic rings. The molecule has 1 aliphatic heterocycles. The molecule has 0 aliphatic carbocycles. The highest BCUT2D eigenvalue weighted by Crippen LogP contribution is 2.25. The zero-order chi connectivity index (χ0) is 18.6. The molecule has 0 bridgehead atoms. The van der Waals surface area contributed by atoms with Crippen molar-refractivity contribution in [1.82, 2.24) is 4.90 Å². The predicted molar refractivity (Wildman–Crippen MR) is 95.4 cm³/mol. The van der Waals surface area contributed by atoms with E-state index in [1.165, 1.54) is 12.1 Å². The highest BCUT2D eigenvalue weighted by molar-refractivity contribution is 5.80. The van der Waals surface area contributed by atoms with Gasteiger partial charge in [0.15, 0.2) is 5.60 Å². The van der Waals surface area contributed by atoms with Gasteiger partial charge in [-0.3, -0.25) is 4.90 Å². The summed E-state index contributed by atoms with van der Waals surface area (Å²) >= 11 is 0. The fraction of sp³-hybridized carbons (Fsp3) is 0.350. The molecule has 1 aliphatic rings. The lowest BCUT2D eigenvalue weighted by molar-refractivity contribution is -0.194. The molecule has 138 valence electrons. The summed E-state index contributed by atoms with van der Waals surface area (Å²) in [6, 6.07) is 15.7. The minimum Gasteiger partial charge on any atom is -0.459 e. The van der Waals surface area contributed by atoms with Crippen LogP contribution in [0.2, 0.25) is 0 Å². The fourth-order valence-corrected chi connectivity index (χ4v) is 3.00. The van der Waals surface area contributed by atoms with Gasteiger partial charge in [-0.05, 0) is 30.2 Å². The first-order valence-corrected chi connectivity index (χ1v) is 8.58. The number of nitrogens with two attached hydrogens (primary N) is 1. The van der Waals surface area contributed by atoms with Crippen molar-refractivity contribution >= 4 is 5.97 Å². The van der Waals surface area contributed by atoms with Gasteiger partial charge in [0.25, 0.3) is 0 Å². The highest BCUT2D eigenvalue weighted by atomic mass is 19.1. The molecule has 5 nitrogen and oxygen atoms in total. The van der Waals surface area contributed by atoms with E-state index in [1.54, 1.807) is 19.1 Å². The first-order chi connectivity index (χ1) is 12.5. The molecule has 0 amide bonds. The van der Waals surface area contributed by atoms with Crippen molar-refractivity contribution < 1.29 is 18.7 Å². The summed E-state index contributed by atoms with van der Waals surface area (Å²) < 4.78 is 24.2. The summed E-state index contributed by atoms with van der Waals surface area (Å²) in [5, 5.41) is 0. The van der Waals surface area contributed by atoms with Gasteiger partial charge in [-0.25, -0.2) is 9.18 Å². The van der Waals surface area contributed by atoms with Gasteiger partial charge in [0.1, 0.15) is 12.4 Å². The van der Waals surface area contributed by atoms with E-state index >= 15 is 0 Å². The summed E-state index contributed by atoms with van der Waals surface area (Å²) in [5.41, 5.74) is 6.89. The summed E-state index contributed by atoms with van der Waals surface area (Å²) in [6.45, 7) is 3.28. The Bertz CT molecular complexity index is 738. The molecule has 26 heavy (non-hydrogen) atoms. The molecule has 2 aromatic carbocycles. The van der Waals surface area contributed by atoms with Crippen molar-refractivity contribution in [2.75, 3.05) is 13.2 Å². The molecule has 3 rings (SSSR count). The Hall–Kier alpha value is -2.28. The van der Waals surface area contributed by atoms with E-state index in [2.05, 4.69) is 0 Å². The van der Waals surface area contributed by atoms with Gasteiger partial charge >= 0.3 is 5.97 Å². The molecular weight excluding hydrogens is 335 g/mol. The number of esters is 1. The largest absolute Gasteiger partial charge is 0.459 e. The SMILES string of the molecule is CC1(C(=O)OCc2ccccc2)OCCN(Cc2ccc(F)cc2)C1N. The minimum atomic E-state index is -1.26. The third kappa shape index (κ3) is 4.09. The van der Waals surface area contributed by atoms with Crippen LogP contribution in [0, 0.1) is 5.82 Å². The minimum absolute atomic E-state index is 0.170. The molecule has 1 fully saturated rings. The molecule has 2 unspecified atom stereocenters. The Morgan fingerprint density at radius 1 is 1.23 bits per heavy atom. The summed E-state index contributed by atoms with van der Waals surface area (Å²) in [7, 11) is 0. The van der Waals surface area contributed by atoms with E-state index in [0.717, 1.165) is 11.1 Å². The fourth-order valence-electron chi connectivity index (χ4n) is 3.00. The topological polar surface area (TPSA) is 64.8 Å². The van der Waals surface area contributed by atoms with Crippen LogP contribution < -0.4 is 5.73 Å². The average Bonchev–Trinajstić information content (AvgIpc) is 2.66. The molecule has 0 saturated carbocycles. The number of carbonyl (C=O) groups is 1. The second kappa shape index (κ2) is 7.95. The van der Waals surface area contributed by atoms with Crippen molar-refractivity contribution in [3.63, 3.8) is 0 Å². The summed E-state index contributed by atoms with van der Waals surface area (Å²) in [6.07, 6.45) is -0.662. The van der Waals surface area contributed by atoms with Crippen molar-refractivity contribution in [1.29, 1.82) is 0 Å². The van der Waals surface area contributed by atoms with Crippen LogP contribution in [0.4, 0.5) is 4.39 Å². The molecular formula is C20H23FN2O3. The van der Waals surface area contributed by atoms with Crippen LogP contribution in [-0.2, 0) is 27.4 Å². The number of carbonyl (C=O) groups excluding carboxylic acids is 1. The van der Waals surface area contributed by atoms with E-state index in [4.69, 9.17) is 15.2 Å². The first kappa shape index (κ1) is 18.5. The Morgan fingerprint density at radius 3 is 2.62 bits per heavy atom. The molecule has 2 atom stereocenters. The van der Waals surface area contributed by atoms with Crippen LogP contribution >= 0.6 is 0 Å². The number of ether oxygens (including phenoxy) is 2. The van der Waals surface area contributed by atoms with E-state index in [-0.39, 0.29) is 12.4 Å². The standard InChI is InChI=1S/C20H23FN2O3/c1-20(19(24)25-14-16-5-3-2-4-6-16)18(22)23(11-12-26-20)13-15-7-9-17(21)10-8-15/h2-10,18H,11-14,22H2,1H3. The number of halogens is 1. The molecule has 0 spiro atoms. The molecule has 0 radical (unpaired) electrons. The van der Waals surface area contributed by atoms with Crippen molar-refractivity contribution in [3.8, 4) is 0 Å². The number of hydrogen-bond acceptors (Lipinski definition) is 5. The van der Waals surface area contributed by atoms with Gasteiger partial charge in [-0.1, -0.05) is 42.5 Å². The monoisotopic (exact) mass is 358 g/mol. The third-order valence-electron chi connectivity index (χ3n) is 4.66. The van der Waals surface area contributed by atoms with E-state index in [9.17, 15) is 9.18 Å². The van der Waals surface area contributed by atoms with Crippen LogP contribution in [-0.4, -0.2) is 35.8 Å².